The standard InChI is InChI=1S/C20H23FN4/c1-20(2,3)19(15-6-8-17(21)9-7-15)23-14-25-18(10-12-24-25)16-5-4-11-22-13-16/h4-13,19,23H,14H2,1-3H3. The first-order valence-electron chi connectivity index (χ1n) is 8.36. The summed E-state index contributed by atoms with van der Waals surface area (Å²) in [6.45, 7) is 7.05. The van der Waals surface area contributed by atoms with Crippen molar-refractivity contribution in [1.29, 1.82) is 0 Å². The van der Waals surface area contributed by atoms with Gasteiger partial charge < -0.3 is 0 Å². The summed E-state index contributed by atoms with van der Waals surface area (Å²) >= 11 is 0. The first-order chi connectivity index (χ1) is 11.9. The van der Waals surface area contributed by atoms with Crippen molar-refractivity contribution in [2.24, 2.45) is 5.41 Å². The molecule has 2 aromatic heterocycles. The Kier molecular flexibility index (Phi) is 4.95. The van der Waals surface area contributed by atoms with Gasteiger partial charge in [0, 0.05) is 30.2 Å². The van der Waals surface area contributed by atoms with Gasteiger partial charge in [-0.1, -0.05) is 32.9 Å². The van der Waals surface area contributed by atoms with Crippen molar-refractivity contribution in [3.63, 3.8) is 0 Å². The van der Waals surface area contributed by atoms with Gasteiger partial charge in [0.1, 0.15) is 5.82 Å². The van der Waals surface area contributed by atoms with Crippen LogP contribution in [0.1, 0.15) is 32.4 Å². The van der Waals surface area contributed by atoms with E-state index in [1.807, 2.05) is 41.2 Å². The van der Waals surface area contributed by atoms with E-state index in [4.69, 9.17) is 0 Å². The lowest BCUT2D eigenvalue weighted by Crippen LogP contribution is -2.34. The van der Waals surface area contributed by atoms with Gasteiger partial charge in [0.05, 0.1) is 12.4 Å². The first-order valence-corrected chi connectivity index (χ1v) is 8.36. The topological polar surface area (TPSA) is 42.7 Å². The fourth-order valence-electron chi connectivity index (χ4n) is 2.98. The summed E-state index contributed by atoms with van der Waals surface area (Å²) in [6, 6.07) is 12.7. The van der Waals surface area contributed by atoms with Crippen LogP contribution in [0.25, 0.3) is 11.3 Å². The number of aromatic nitrogens is 3. The Morgan fingerprint density at radius 3 is 2.48 bits per heavy atom. The molecule has 2 heterocycles. The van der Waals surface area contributed by atoms with Crippen molar-refractivity contribution < 1.29 is 4.39 Å². The van der Waals surface area contributed by atoms with Crippen molar-refractivity contribution >= 4 is 0 Å². The zero-order valence-electron chi connectivity index (χ0n) is 14.8. The highest BCUT2D eigenvalue weighted by molar-refractivity contribution is 5.57. The molecule has 1 atom stereocenters. The molecule has 0 aliphatic carbocycles. The smallest absolute Gasteiger partial charge is 0.123 e. The molecule has 0 radical (unpaired) electrons. The molecule has 1 N–H and O–H groups in total. The van der Waals surface area contributed by atoms with Gasteiger partial charge in [-0.15, -0.1) is 0 Å². The van der Waals surface area contributed by atoms with Crippen molar-refractivity contribution in [3.8, 4) is 11.3 Å². The molecule has 0 spiro atoms. The second kappa shape index (κ2) is 7.15. The van der Waals surface area contributed by atoms with Crippen LogP contribution in [0, 0.1) is 11.2 Å². The Morgan fingerprint density at radius 1 is 1.08 bits per heavy atom. The first kappa shape index (κ1) is 17.3. The fourth-order valence-corrected chi connectivity index (χ4v) is 2.98. The third-order valence-corrected chi connectivity index (χ3v) is 4.19. The van der Waals surface area contributed by atoms with Crippen LogP contribution >= 0.6 is 0 Å². The van der Waals surface area contributed by atoms with Crippen LogP contribution in [0.4, 0.5) is 4.39 Å². The van der Waals surface area contributed by atoms with Crippen molar-refractivity contribution in [3.05, 3.63) is 72.4 Å². The molecule has 1 aromatic carbocycles. The van der Waals surface area contributed by atoms with E-state index in [0.29, 0.717) is 6.67 Å². The van der Waals surface area contributed by atoms with Crippen LogP contribution < -0.4 is 5.32 Å². The van der Waals surface area contributed by atoms with Gasteiger partial charge in [-0.2, -0.15) is 5.10 Å². The molecule has 5 heteroatoms. The summed E-state index contributed by atoms with van der Waals surface area (Å²) in [5.74, 6) is -0.220. The maximum Gasteiger partial charge on any atom is 0.123 e. The normalized spacial score (nSPS) is 13.0. The molecular weight excluding hydrogens is 315 g/mol. The van der Waals surface area contributed by atoms with E-state index in [1.165, 1.54) is 12.1 Å². The summed E-state index contributed by atoms with van der Waals surface area (Å²) in [6.07, 6.45) is 5.37. The van der Waals surface area contributed by atoms with E-state index in [-0.39, 0.29) is 17.3 Å². The molecule has 3 aromatic rings. The largest absolute Gasteiger partial charge is 0.291 e. The Hall–Kier alpha value is -2.53. The molecule has 130 valence electrons. The maximum atomic E-state index is 13.3. The minimum Gasteiger partial charge on any atom is -0.291 e. The van der Waals surface area contributed by atoms with Crippen LogP contribution in [0.2, 0.25) is 0 Å². The summed E-state index contributed by atoms with van der Waals surface area (Å²) in [5, 5.41) is 7.99. The van der Waals surface area contributed by atoms with Crippen LogP contribution in [0.3, 0.4) is 0 Å². The maximum absolute atomic E-state index is 13.3. The molecule has 0 aliphatic heterocycles. The average Bonchev–Trinajstić information content (AvgIpc) is 3.05. The van der Waals surface area contributed by atoms with E-state index in [2.05, 4.69) is 36.2 Å². The quantitative estimate of drug-likeness (QED) is 0.749. The highest BCUT2D eigenvalue weighted by Crippen LogP contribution is 2.33. The predicted octanol–water partition coefficient (Wildman–Crippen LogP) is 4.42. The second-order valence-corrected chi connectivity index (χ2v) is 7.17. The van der Waals surface area contributed by atoms with E-state index in [9.17, 15) is 4.39 Å². The van der Waals surface area contributed by atoms with Crippen molar-refractivity contribution in [2.45, 2.75) is 33.5 Å². The minimum atomic E-state index is -0.220. The Balaban J connectivity index is 1.81. The lowest BCUT2D eigenvalue weighted by Gasteiger charge is -2.32. The number of nitrogens with one attached hydrogen (secondary N) is 1. The van der Waals surface area contributed by atoms with E-state index in [1.54, 1.807) is 12.4 Å². The molecule has 0 aliphatic rings. The summed E-state index contributed by atoms with van der Waals surface area (Å²) in [4.78, 5) is 4.18. The van der Waals surface area contributed by atoms with Crippen LogP contribution in [-0.2, 0) is 6.67 Å². The third kappa shape index (κ3) is 4.12. The van der Waals surface area contributed by atoms with Gasteiger partial charge in [0.25, 0.3) is 0 Å². The number of benzene rings is 1. The van der Waals surface area contributed by atoms with Gasteiger partial charge in [0.2, 0.25) is 0 Å². The Labute approximate surface area is 147 Å². The van der Waals surface area contributed by atoms with Gasteiger partial charge in [0.15, 0.2) is 0 Å². The summed E-state index contributed by atoms with van der Waals surface area (Å²) in [5.41, 5.74) is 3.06. The monoisotopic (exact) mass is 338 g/mol. The fraction of sp³-hybridized carbons (Fsp3) is 0.300. The van der Waals surface area contributed by atoms with Crippen LogP contribution in [0.5, 0.6) is 0 Å². The Morgan fingerprint density at radius 2 is 1.84 bits per heavy atom. The highest BCUT2D eigenvalue weighted by atomic mass is 19.1. The number of halogens is 1. The number of hydrogen-bond acceptors (Lipinski definition) is 3. The molecule has 0 amide bonds. The molecule has 0 saturated carbocycles. The molecule has 0 bridgehead atoms. The number of rotatable bonds is 5. The summed E-state index contributed by atoms with van der Waals surface area (Å²) in [7, 11) is 0. The minimum absolute atomic E-state index is 0.0283. The summed E-state index contributed by atoms with van der Waals surface area (Å²) < 4.78 is 15.2. The third-order valence-electron chi connectivity index (χ3n) is 4.19. The van der Waals surface area contributed by atoms with Crippen molar-refractivity contribution in [2.75, 3.05) is 0 Å². The van der Waals surface area contributed by atoms with Gasteiger partial charge in [-0.3, -0.25) is 15.0 Å². The van der Waals surface area contributed by atoms with Gasteiger partial charge in [-0.05, 0) is 41.3 Å². The van der Waals surface area contributed by atoms with Gasteiger partial charge in [-0.25, -0.2) is 4.39 Å². The lowest BCUT2D eigenvalue weighted by atomic mass is 9.82. The number of hydrogen-bond donors (Lipinski definition) is 1. The second-order valence-electron chi connectivity index (χ2n) is 7.17. The van der Waals surface area contributed by atoms with Crippen molar-refractivity contribution in [1.82, 2.24) is 20.1 Å². The highest BCUT2D eigenvalue weighted by Gasteiger charge is 2.26. The predicted molar refractivity (Wildman–Crippen MR) is 97.2 cm³/mol. The average molecular weight is 338 g/mol. The molecule has 4 nitrogen and oxygen atoms in total. The zero-order valence-corrected chi connectivity index (χ0v) is 14.8. The zero-order chi connectivity index (χ0) is 17.9. The van der Waals surface area contributed by atoms with Gasteiger partial charge >= 0.3 is 0 Å². The Bertz CT molecular complexity index is 804. The SMILES string of the molecule is CC(C)(C)C(NCn1nccc1-c1cccnc1)c1ccc(F)cc1. The number of nitrogens with zero attached hydrogens (tertiary/aromatic N) is 3. The van der Waals surface area contributed by atoms with Crippen LogP contribution in [0.15, 0.2) is 61.1 Å². The molecule has 0 saturated heterocycles. The molecular formula is C20H23FN4. The molecule has 25 heavy (non-hydrogen) atoms. The molecule has 1 unspecified atom stereocenters. The lowest BCUT2D eigenvalue weighted by molar-refractivity contribution is 0.252. The van der Waals surface area contributed by atoms with E-state index < -0.39 is 0 Å². The molecule has 0 fully saturated rings. The van der Waals surface area contributed by atoms with E-state index in [0.717, 1.165) is 16.8 Å². The van der Waals surface area contributed by atoms with E-state index >= 15 is 0 Å². The molecule has 3 rings (SSSR count). The number of pyridine rings is 1. The van der Waals surface area contributed by atoms with Crippen LogP contribution in [-0.4, -0.2) is 14.8 Å².